The second-order valence-electron chi connectivity index (χ2n) is 10.2. The zero-order chi connectivity index (χ0) is 29.4. The molecule has 10 nitrogen and oxygen atoms in total. The van der Waals surface area contributed by atoms with Crippen molar-refractivity contribution in [2.24, 2.45) is 11.8 Å². The molecule has 1 aliphatic carbocycles. The molecule has 2 heterocycles. The van der Waals surface area contributed by atoms with Crippen molar-refractivity contribution < 1.29 is 33.3 Å². The first-order chi connectivity index (χ1) is 19.3. The molecule has 10 heteroatoms. The number of likely N-dealkylation sites (tertiary alicyclic amines) is 1. The maximum Gasteiger partial charge on any atom is 0.225 e. The maximum atomic E-state index is 11.5. The number of Topliss-reactive ketones (excluding diaryl/α,β-unsaturated/α-hetero) is 1. The number of pyridine rings is 1. The van der Waals surface area contributed by atoms with Gasteiger partial charge in [-0.15, -0.1) is 0 Å². The van der Waals surface area contributed by atoms with Gasteiger partial charge in [-0.25, -0.2) is 0 Å². The molecule has 0 radical (unpaired) electrons. The Kier molecular flexibility index (Phi) is 20.8. The fraction of sp³-hybridized carbons (Fsp3) is 0.733. The van der Waals surface area contributed by atoms with Gasteiger partial charge in [0.1, 0.15) is 5.78 Å². The summed E-state index contributed by atoms with van der Waals surface area (Å²) >= 11 is 0. The number of methoxy groups -OCH3 is 1. The van der Waals surface area contributed by atoms with Gasteiger partial charge in [0.15, 0.2) is 0 Å². The van der Waals surface area contributed by atoms with E-state index in [1.165, 1.54) is 32.1 Å². The zero-order valence-corrected chi connectivity index (χ0v) is 25.0. The first kappa shape index (κ1) is 35.6. The van der Waals surface area contributed by atoms with E-state index in [4.69, 9.17) is 18.9 Å². The average Bonchev–Trinajstić information content (AvgIpc) is 3.32. The molecule has 2 amide bonds. The zero-order valence-electron chi connectivity index (χ0n) is 25.0. The molecule has 1 aromatic rings. The number of amides is 2. The molecule has 1 aliphatic heterocycles. The number of carbonyl (C=O) groups is 3. The average molecular weight is 566 g/mol. The second kappa shape index (κ2) is 23.3. The molecule has 1 saturated carbocycles. The Balaban J connectivity index is 0.000000343. The standard InChI is InChI=1S/C16H30O4.C9H16N2O3.C5H5N/c1-14(2)16(17)8-9-18-10-11-19-12-13-20-15-6-4-3-5-7-15;1-11-6-7(5-8(11)12)9(13)10-3-4-14-2;1-2-4-6-5-3-1/h14-15H,3-13H2,1-2H3;7H,3-6H2,1-2H3,(H,10,13);1-5H. The maximum absolute atomic E-state index is 11.5. The first-order valence-corrected chi connectivity index (χ1v) is 14.5. The first-order valence-electron chi connectivity index (χ1n) is 14.5. The Morgan fingerprint density at radius 2 is 1.62 bits per heavy atom. The third-order valence-corrected chi connectivity index (χ3v) is 6.53. The van der Waals surface area contributed by atoms with Gasteiger partial charge in [-0.3, -0.25) is 19.4 Å². The van der Waals surface area contributed by atoms with Crippen LogP contribution in [0.2, 0.25) is 0 Å². The number of nitrogens with zero attached hydrogens (tertiary/aromatic N) is 2. The molecule has 1 aromatic heterocycles. The lowest BCUT2D eigenvalue weighted by molar-refractivity contribution is -0.128. The van der Waals surface area contributed by atoms with Crippen LogP contribution in [0.5, 0.6) is 0 Å². The Morgan fingerprint density at radius 3 is 2.15 bits per heavy atom. The third kappa shape index (κ3) is 18.0. The van der Waals surface area contributed by atoms with Gasteiger partial charge in [0.25, 0.3) is 0 Å². The number of ether oxygens (including phenoxy) is 4. The molecule has 0 spiro atoms. The van der Waals surface area contributed by atoms with E-state index < -0.39 is 0 Å². The lowest BCUT2D eigenvalue weighted by atomic mass is 9.98. The monoisotopic (exact) mass is 565 g/mol. The summed E-state index contributed by atoms with van der Waals surface area (Å²) < 4.78 is 21.4. The minimum Gasteiger partial charge on any atom is -0.383 e. The molecule has 228 valence electrons. The van der Waals surface area contributed by atoms with Crippen LogP contribution in [0.3, 0.4) is 0 Å². The quantitative estimate of drug-likeness (QED) is 0.322. The van der Waals surface area contributed by atoms with Gasteiger partial charge in [-0.05, 0) is 25.0 Å². The van der Waals surface area contributed by atoms with E-state index in [9.17, 15) is 14.4 Å². The molecule has 40 heavy (non-hydrogen) atoms. The van der Waals surface area contributed by atoms with Gasteiger partial charge in [0.05, 0.1) is 51.7 Å². The van der Waals surface area contributed by atoms with Crippen molar-refractivity contribution in [2.45, 2.75) is 64.9 Å². The van der Waals surface area contributed by atoms with Crippen molar-refractivity contribution >= 4 is 17.6 Å². The van der Waals surface area contributed by atoms with Crippen LogP contribution in [-0.2, 0) is 33.3 Å². The van der Waals surface area contributed by atoms with Crippen LogP contribution >= 0.6 is 0 Å². The van der Waals surface area contributed by atoms with E-state index in [0.29, 0.717) is 71.7 Å². The lowest BCUT2D eigenvalue weighted by Crippen LogP contribution is -2.34. The van der Waals surface area contributed by atoms with Crippen molar-refractivity contribution in [3.8, 4) is 0 Å². The second-order valence-corrected chi connectivity index (χ2v) is 10.2. The van der Waals surface area contributed by atoms with E-state index in [0.717, 1.165) is 0 Å². The van der Waals surface area contributed by atoms with E-state index in [1.54, 1.807) is 31.5 Å². The summed E-state index contributed by atoms with van der Waals surface area (Å²) in [5, 5.41) is 2.72. The predicted molar refractivity (Wildman–Crippen MR) is 154 cm³/mol. The van der Waals surface area contributed by atoms with Gasteiger partial charge >= 0.3 is 0 Å². The number of hydrogen-bond acceptors (Lipinski definition) is 8. The van der Waals surface area contributed by atoms with Crippen molar-refractivity contribution in [1.82, 2.24) is 15.2 Å². The molecule has 1 N–H and O–H groups in total. The van der Waals surface area contributed by atoms with Crippen LogP contribution in [0.15, 0.2) is 30.6 Å². The molecule has 0 bridgehead atoms. The summed E-state index contributed by atoms with van der Waals surface area (Å²) in [5.74, 6) is 0.152. The third-order valence-electron chi connectivity index (χ3n) is 6.53. The van der Waals surface area contributed by atoms with Crippen LogP contribution in [0.1, 0.15) is 58.8 Å². The number of nitrogens with one attached hydrogen (secondary N) is 1. The topological polar surface area (TPSA) is 116 Å². The summed E-state index contributed by atoms with van der Waals surface area (Å²) in [7, 11) is 3.30. The number of carbonyl (C=O) groups excluding carboxylic acids is 3. The molecule has 2 fully saturated rings. The number of aromatic nitrogens is 1. The number of rotatable bonds is 15. The summed E-state index contributed by atoms with van der Waals surface area (Å²) in [5.41, 5.74) is 0. The molecule has 0 aromatic carbocycles. The highest BCUT2D eigenvalue weighted by molar-refractivity contribution is 5.89. The highest BCUT2D eigenvalue weighted by Crippen LogP contribution is 2.20. The van der Waals surface area contributed by atoms with Crippen molar-refractivity contribution in [1.29, 1.82) is 0 Å². The van der Waals surface area contributed by atoms with Crippen molar-refractivity contribution in [2.75, 3.05) is 66.9 Å². The highest BCUT2D eigenvalue weighted by Gasteiger charge is 2.31. The van der Waals surface area contributed by atoms with Gasteiger partial charge in [-0.1, -0.05) is 39.2 Å². The van der Waals surface area contributed by atoms with Crippen LogP contribution in [0.4, 0.5) is 0 Å². The Hall–Kier alpha value is -2.40. The van der Waals surface area contributed by atoms with E-state index >= 15 is 0 Å². The van der Waals surface area contributed by atoms with E-state index in [-0.39, 0.29) is 29.4 Å². The summed E-state index contributed by atoms with van der Waals surface area (Å²) in [6, 6.07) is 5.72. The van der Waals surface area contributed by atoms with Gasteiger partial charge in [0.2, 0.25) is 11.8 Å². The summed E-state index contributed by atoms with van der Waals surface area (Å²) in [4.78, 5) is 39.3. The minimum absolute atomic E-state index is 0.0388. The summed E-state index contributed by atoms with van der Waals surface area (Å²) in [6.07, 6.45) is 11.1. The summed E-state index contributed by atoms with van der Waals surface area (Å²) in [6.45, 7) is 8.29. The molecule has 1 atom stereocenters. The molecule has 3 rings (SSSR count). The van der Waals surface area contributed by atoms with Gasteiger partial charge < -0.3 is 29.2 Å². The Morgan fingerprint density at radius 1 is 0.975 bits per heavy atom. The molecule has 2 aliphatic rings. The number of ketones is 1. The van der Waals surface area contributed by atoms with Crippen LogP contribution in [0.25, 0.3) is 0 Å². The fourth-order valence-corrected chi connectivity index (χ4v) is 4.06. The van der Waals surface area contributed by atoms with Crippen LogP contribution in [0, 0.1) is 11.8 Å². The SMILES string of the molecule is CC(C)C(=O)CCOCCOCCOC1CCCCC1.COCCNC(=O)C1CC(=O)N(C)C1.c1ccncc1. The van der Waals surface area contributed by atoms with Crippen LogP contribution < -0.4 is 5.32 Å². The largest absolute Gasteiger partial charge is 0.383 e. The van der Waals surface area contributed by atoms with E-state index in [1.807, 2.05) is 32.0 Å². The Bertz CT molecular complexity index is 762. The minimum atomic E-state index is -0.190. The molecule has 1 saturated heterocycles. The molecular weight excluding hydrogens is 514 g/mol. The smallest absolute Gasteiger partial charge is 0.225 e. The molecular formula is C30H51N3O7. The fourth-order valence-electron chi connectivity index (χ4n) is 4.06. The number of hydrogen-bond donors (Lipinski definition) is 1. The van der Waals surface area contributed by atoms with Gasteiger partial charge in [-0.2, -0.15) is 0 Å². The Labute approximate surface area is 240 Å². The van der Waals surface area contributed by atoms with E-state index in [2.05, 4.69) is 10.3 Å². The van der Waals surface area contributed by atoms with Gasteiger partial charge in [0, 0.05) is 58.4 Å². The normalized spacial score (nSPS) is 17.1. The van der Waals surface area contributed by atoms with Crippen LogP contribution in [-0.4, -0.2) is 100 Å². The van der Waals surface area contributed by atoms with Crippen molar-refractivity contribution in [3.63, 3.8) is 0 Å². The van der Waals surface area contributed by atoms with Crippen molar-refractivity contribution in [3.05, 3.63) is 30.6 Å². The lowest BCUT2D eigenvalue weighted by Gasteiger charge is -2.21. The highest BCUT2D eigenvalue weighted by atomic mass is 16.5. The molecule has 1 unspecified atom stereocenters. The predicted octanol–water partition coefficient (Wildman–Crippen LogP) is 3.29.